The van der Waals surface area contributed by atoms with Crippen LogP contribution in [0.4, 0.5) is 0 Å². The molecule has 1 atom stereocenters. The van der Waals surface area contributed by atoms with Crippen LogP contribution in [-0.2, 0) is 6.42 Å². The fraction of sp³-hybridized carbons (Fsp3) is 0.333. The zero-order valence-electron chi connectivity index (χ0n) is 7.51. The Labute approximate surface area is 73.9 Å². The molecule has 0 aliphatic heterocycles. The number of allylic oxidation sites excluding steroid dienone is 1. The molecule has 0 heterocycles. The summed E-state index contributed by atoms with van der Waals surface area (Å²) in [4.78, 5) is 0. The highest BCUT2D eigenvalue weighted by atomic mass is 14.2. The van der Waals surface area contributed by atoms with Gasteiger partial charge in [-0.3, -0.25) is 0 Å². The molecule has 0 heteroatoms. The van der Waals surface area contributed by atoms with Gasteiger partial charge in [-0.05, 0) is 36.5 Å². The van der Waals surface area contributed by atoms with Crippen LogP contribution >= 0.6 is 0 Å². The maximum Gasteiger partial charge on any atom is 0.00238 e. The minimum Gasteiger partial charge on any atom is -0.102 e. The predicted molar refractivity (Wildman–Crippen MR) is 52.4 cm³/mol. The van der Waals surface area contributed by atoms with Crippen molar-refractivity contribution in [2.75, 3.05) is 0 Å². The Hall–Kier alpha value is -1.04. The first-order valence-electron chi connectivity index (χ1n) is 4.54. The van der Waals surface area contributed by atoms with Crippen molar-refractivity contribution < 1.29 is 0 Å². The fourth-order valence-corrected chi connectivity index (χ4v) is 2.18. The summed E-state index contributed by atoms with van der Waals surface area (Å²) in [6, 6.07) is 6.59. The van der Waals surface area contributed by atoms with Crippen molar-refractivity contribution in [3.63, 3.8) is 0 Å². The molecule has 0 bridgehead atoms. The Balaban J connectivity index is 2.55. The van der Waals surface area contributed by atoms with Gasteiger partial charge in [0, 0.05) is 5.92 Å². The molecule has 0 fully saturated rings. The van der Waals surface area contributed by atoms with Crippen molar-refractivity contribution >= 4 is 0 Å². The van der Waals surface area contributed by atoms with E-state index < -0.39 is 0 Å². The molecular weight excluding hydrogens is 144 g/mol. The maximum atomic E-state index is 3.88. The topological polar surface area (TPSA) is 0 Å². The summed E-state index contributed by atoms with van der Waals surface area (Å²) in [5.41, 5.74) is 4.49. The molecule has 1 aliphatic carbocycles. The van der Waals surface area contributed by atoms with E-state index in [0.717, 1.165) is 0 Å². The van der Waals surface area contributed by atoms with E-state index in [2.05, 4.69) is 37.8 Å². The molecule has 0 saturated heterocycles. The van der Waals surface area contributed by atoms with Crippen molar-refractivity contribution in [2.24, 2.45) is 0 Å². The third-order valence-corrected chi connectivity index (χ3v) is 2.79. The normalized spacial score (nSPS) is 20.6. The van der Waals surface area contributed by atoms with Crippen LogP contribution in [0, 0.1) is 6.92 Å². The van der Waals surface area contributed by atoms with Crippen LogP contribution < -0.4 is 0 Å². The minimum atomic E-state index is 0.612. The van der Waals surface area contributed by atoms with E-state index in [4.69, 9.17) is 0 Å². The molecular formula is C12H14. The van der Waals surface area contributed by atoms with Crippen LogP contribution in [0.3, 0.4) is 0 Å². The van der Waals surface area contributed by atoms with E-state index in [0.29, 0.717) is 5.92 Å². The summed E-state index contributed by atoms with van der Waals surface area (Å²) in [5, 5.41) is 0. The number of hydrogen-bond acceptors (Lipinski definition) is 0. The summed E-state index contributed by atoms with van der Waals surface area (Å²) in [5.74, 6) is 0.612. The summed E-state index contributed by atoms with van der Waals surface area (Å²) in [6.07, 6.45) is 4.57. The molecule has 0 amide bonds. The van der Waals surface area contributed by atoms with Gasteiger partial charge < -0.3 is 0 Å². The van der Waals surface area contributed by atoms with Crippen molar-refractivity contribution in [1.29, 1.82) is 0 Å². The lowest BCUT2D eigenvalue weighted by Crippen LogP contribution is -1.91. The van der Waals surface area contributed by atoms with E-state index in [1.807, 2.05) is 0 Å². The first-order chi connectivity index (χ1) is 5.83. The van der Waals surface area contributed by atoms with Crippen LogP contribution in [0.15, 0.2) is 30.9 Å². The van der Waals surface area contributed by atoms with Gasteiger partial charge >= 0.3 is 0 Å². The van der Waals surface area contributed by atoms with Gasteiger partial charge in [0.15, 0.2) is 0 Å². The average molecular weight is 158 g/mol. The number of hydrogen-bond donors (Lipinski definition) is 0. The molecule has 0 radical (unpaired) electrons. The van der Waals surface area contributed by atoms with Crippen molar-refractivity contribution in [3.05, 3.63) is 47.5 Å². The van der Waals surface area contributed by atoms with Gasteiger partial charge in [0.1, 0.15) is 0 Å². The zero-order valence-corrected chi connectivity index (χ0v) is 7.51. The third kappa shape index (κ3) is 0.989. The molecule has 12 heavy (non-hydrogen) atoms. The summed E-state index contributed by atoms with van der Waals surface area (Å²) in [6.45, 7) is 6.08. The first kappa shape index (κ1) is 7.60. The van der Waals surface area contributed by atoms with Gasteiger partial charge in [-0.2, -0.15) is 0 Å². The second kappa shape index (κ2) is 2.78. The number of aryl methyl sites for hydroxylation is 2. The molecule has 0 saturated carbocycles. The number of fused-ring (bicyclic) bond motifs is 1. The monoisotopic (exact) mass is 158 g/mol. The SMILES string of the molecule is C=C[C@H]1CCc2cccc(C)c21. The standard InChI is InChI=1S/C12H14/c1-3-10-7-8-11-6-4-5-9(2)12(10)11/h3-6,10H,1,7-8H2,2H3/t10-/m0/s1. The Bertz CT molecular complexity index is 310. The van der Waals surface area contributed by atoms with Gasteiger partial charge in [-0.25, -0.2) is 0 Å². The second-order valence-corrected chi connectivity index (χ2v) is 3.53. The second-order valence-electron chi connectivity index (χ2n) is 3.53. The molecule has 0 aromatic heterocycles. The lowest BCUT2D eigenvalue weighted by atomic mass is 9.97. The number of benzene rings is 1. The van der Waals surface area contributed by atoms with Gasteiger partial charge in [0.25, 0.3) is 0 Å². The lowest BCUT2D eigenvalue weighted by Gasteiger charge is -2.08. The molecule has 1 aromatic carbocycles. The fourth-order valence-electron chi connectivity index (χ4n) is 2.18. The molecule has 1 aromatic rings. The third-order valence-electron chi connectivity index (χ3n) is 2.79. The van der Waals surface area contributed by atoms with E-state index in [-0.39, 0.29) is 0 Å². The van der Waals surface area contributed by atoms with E-state index in [9.17, 15) is 0 Å². The Morgan fingerprint density at radius 3 is 3.08 bits per heavy atom. The van der Waals surface area contributed by atoms with Crippen LogP contribution in [0.2, 0.25) is 0 Å². The van der Waals surface area contributed by atoms with Gasteiger partial charge in [-0.1, -0.05) is 24.3 Å². The molecule has 62 valence electrons. The molecule has 0 N–H and O–H groups in total. The highest BCUT2D eigenvalue weighted by molar-refractivity contribution is 5.42. The quantitative estimate of drug-likeness (QED) is 0.550. The first-order valence-corrected chi connectivity index (χ1v) is 4.54. The molecule has 1 aliphatic rings. The average Bonchev–Trinajstić information content (AvgIpc) is 2.49. The van der Waals surface area contributed by atoms with Crippen molar-refractivity contribution in [2.45, 2.75) is 25.7 Å². The maximum absolute atomic E-state index is 3.88. The summed E-state index contributed by atoms with van der Waals surface area (Å²) >= 11 is 0. The zero-order chi connectivity index (χ0) is 8.55. The minimum absolute atomic E-state index is 0.612. The van der Waals surface area contributed by atoms with Crippen LogP contribution in [-0.4, -0.2) is 0 Å². The van der Waals surface area contributed by atoms with Gasteiger partial charge in [0.2, 0.25) is 0 Å². The largest absolute Gasteiger partial charge is 0.102 e. The van der Waals surface area contributed by atoms with Crippen LogP contribution in [0.5, 0.6) is 0 Å². The van der Waals surface area contributed by atoms with E-state index >= 15 is 0 Å². The van der Waals surface area contributed by atoms with Gasteiger partial charge in [-0.15, -0.1) is 6.58 Å². The molecule has 0 nitrogen and oxygen atoms in total. The number of rotatable bonds is 1. The van der Waals surface area contributed by atoms with Gasteiger partial charge in [0.05, 0.1) is 0 Å². The smallest absolute Gasteiger partial charge is 0.00238 e. The predicted octanol–water partition coefficient (Wildman–Crippen LogP) is 3.21. The molecule has 0 unspecified atom stereocenters. The Morgan fingerprint density at radius 1 is 1.50 bits per heavy atom. The Morgan fingerprint density at radius 2 is 2.33 bits per heavy atom. The highest BCUT2D eigenvalue weighted by Gasteiger charge is 2.20. The van der Waals surface area contributed by atoms with E-state index in [1.165, 1.54) is 29.5 Å². The van der Waals surface area contributed by atoms with Crippen LogP contribution in [0.25, 0.3) is 0 Å². The Kier molecular flexibility index (Phi) is 1.76. The van der Waals surface area contributed by atoms with E-state index in [1.54, 1.807) is 0 Å². The summed E-state index contributed by atoms with van der Waals surface area (Å²) < 4.78 is 0. The molecule has 2 rings (SSSR count). The van der Waals surface area contributed by atoms with Crippen molar-refractivity contribution in [1.82, 2.24) is 0 Å². The lowest BCUT2D eigenvalue weighted by molar-refractivity contribution is 0.812. The van der Waals surface area contributed by atoms with Crippen LogP contribution in [0.1, 0.15) is 29.0 Å². The van der Waals surface area contributed by atoms with Crippen molar-refractivity contribution in [3.8, 4) is 0 Å². The molecule has 0 spiro atoms. The summed E-state index contributed by atoms with van der Waals surface area (Å²) in [7, 11) is 0. The highest BCUT2D eigenvalue weighted by Crippen LogP contribution is 2.35.